The van der Waals surface area contributed by atoms with E-state index in [-0.39, 0.29) is 28.6 Å². The van der Waals surface area contributed by atoms with E-state index < -0.39 is 21.1 Å². The van der Waals surface area contributed by atoms with Crippen molar-refractivity contribution in [3.05, 3.63) is 108 Å². The first kappa shape index (κ1) is 29.0. The van der Waals surface area contributed by atoms with Gasteiger partial charge in [0, 0.05) is 27.5 Å². The third-order valence-electron chi connectivity index (χ3n) is 6.35. The maximum atomic E-state index is 13.9. The van der Waals surface area contributed by atoms with Crippen molar-refractivity contribution in [2.45, 2.75) is 17.2 Å². The molecule has 0 bridgehead atoms. The SMILES string of the molecule is COc1ccc(S(=O)(=O)C(Nc2c(C)cc(-c3cc4ccccc4s3)cc2C(=O)NO)c2cccnc2)cc1.Cl. The monoisotopic (exact) mass is 595 g/mol. The van der Waals surface area contributed by atoms with Crippen LogP contribution in [-0.2, 0) is 9.84 Å². The van der Waals surface area contributed by atoms with Crippen molar-refractivity contribution in [1.29, 1.82) is 0 Å². The van der Waals surface area contributed by atoms with Crippen molar-refractivity contribution in [2.24, 2.45) is 0 Å². The number of anilines is 1. The molecule has 0 saturated carbocycles. The molecule has 5 aromatic rings. The van der Waals surface area contributed by atoms with E-state index in [9.17, 15) is 18.4 Å². The van der Waals surface area contributed by atoms with Crippen LogP contribution in [0, 0.1) is 6.92 Å². The number of hydroxylamine groups is 1. The summed E-state index contributed by atoms with van der Waals surface area (Å²) in [7, 11) is -2.52. The number of nitrogens with zero attached hydrogens (tertiary/aromatic N) is 1. The van der Waals surface area contributed by atoms with E-state index in [1.54, 1.807) is 60.3 Å². The Morgan fingerprint density at radius 3 is 2.42 bits per heavy atom. The van der Waals surface area contributed by atoms with E-state index in [4.69, 9.17) is 4.74 Å². The number of hydrogen-bond acceptors (Lipinski definition) is 8. The minimum Gasteiger partial charge on any atom is -0.497 e. The zero-order valence-electron chi connectivity index (χ0n) is 21.5. The third-order valence-corrected chi connectivity index (χ3v) is 9.46. The van der Waals surface area contributed by atoms with Crippen LogP contribution in [0.15, 0.2) is 96.2 Å². The van der Waals surface area contributed by atoms with Crippen LogP contribution >= 0.6 is 23.7 Å². The van der Waals surface area contributed by atoms with Crippen molar-refractivity contribution in [3.8, 4) is 16.2 Å². The zero-order chi connectivity index (χ0) is 27.6. The summed E-state index contributed by atoms with van der Waals surface area (Å²) in [5.41, 5.74) is 3.86. The number of aryl methyl sites for hydroxylation is 1. The van der Waals surface area contributed by atoms with Crippen LogP contribution in [0.3, 0.4) is 0 Å². The first-order chi connectivity index (χ1) is 18.8. The number of nitrogens with one attached hydrogen (secondary N) is 2. The summed E-state index contributed by atoms with van der Waals surface area (Å²) in [6.07, 6.45) is 3.02. The van der Waals surface area contributed by atoms with Gasteiger partial charge in [0.2, 0.25) is 9.84 Å². The van der Waals surface area contributed by atoms with Gasteiger partial charge in [-0.05, 0) is 78.0 Å². The molecule has 1 unspecified atom stereocenters. The molecule has 0 aliphatic rings. The number of methoxy groups -OCH3 is 1. The minimum absolute atomic E-state index is 0. The molecule has 0 aliphatic carbocycles. The summed E-state index contributed by atoms with van der Waals surface area (Å²) >= 11 is 1.58. The molecule has 3 aromatic carbocycles. The van der Waals surface area contributed by atoms with Crippen LogP contribution in [0.5, 0.6) is 5.75 Å². The van der Waals surface area contributed by atoms with Crippen LogP contribution < -0.4 is 15.5 Å². The van der Waals surface area contributed by atoms with Crippen molar-refractivity contribution in [2.75, 3.05) is 12.4 Å². The standard InChI is InChI=1S/C29H25N3O5S2.ClH/c1-18-14-21(26-16-19-6-3-4-8-25(19)38-26)15-24(28(33)32-34)27(18)31-29(20-7-5-13-30-17-20)39(35,36)23-11-9-22(37-2)10-12-23;/h3-17,29,31,34H,1-2H3,(H,32,33);1H. The lowest BCUT2D eigenvalue weighted by molar-refractivity contribution is 0.0707. The van der Waals surface area contributed by atoms with E-state index in [0.29, 0.717) is 16.9 Å². The Morgan fingerprint density at radius 2 is 1.77 bits per heavy atom. The molecule has 11 heteroatoms. The Kier molecular flexibility index (Phi) is 8.75. The Morgan fingerprint density at radius 1 is 1.02 bits per heavy atom. The lowest BCUT2D eigenvalue weighted by atomic mass is 10.0. The molecule has 1 amide bonds. The molecule has 8 nitrogen and oxygen atoms in total. The number of carbonyl (C=O) groups is 1. The molecule has 0 aliphatic heterocycles. The van der Waals surface area contributed by atoms with Gasteiger partial charge in [-0.15, -0.1) is 23.7 Å². The van der Waals surface area contributed by atoms with E-state index in [1.165, 1.54) is 25.4 Å². The van der Waals surface area contributed by atoms with Gasteiger partial charge < -0.3 is 10.1 Å². The smallest absolute Gasteiger partial charge is 0.276 e. The predicted molar refractivity (Wildman–Crippen MR) is 159 cm³/mol. The third kappa shape index (κ3) is 5.66. The van der Waals surface area contributed by atoms with Gasteiger partial charge in [0.25, 0.3) is 5.91 Å². The molecule has 2 aromatic heterocycles. The highest BCUT2D eigenvalue weighted by Crippen LogP contribution is 2.39. The number of hydrogen-bond donors (Lipinski definition) is 3. The van der Waals surface area contributed by atoms with Gasteiger partial charge >= 0.3 is 0 Å². The summed E-state index contributed by atoms with van der Waals surface area (Å²) in [4.78, 5) is 18.0. The van der Waals surface area contributed by atoms with Crippen LogP contribution in [0.25, 0.3) is 20.5 Å². The van der Waals surface area contributed by atoms with E-state index in [0.717, 1.165) is 20.5 Å². The molecule has 1 atom stereocenters. The second kappa shape index (κ2) is 12.1. The molecule has 0 fully saturated rings. The highest BCUT2D eigenvalue weighted by atomic mass is 35.5. The van der Waals surface area contributed by atoms with E-state index in [2.05, 4.69) is 10.3 Å². The van der Waals surface area contributed by atoms with Gasteiger partial charge in [0.05, 0.1) is 23.3 Å². The number of fused-ring (bicyclic) bond motifs is 1. The Bertz CT molecular complexity index is 1730. The number of amides is 1. The first-order valence-electron chi connectivity index (χ1n) is 11.9. The number of benzene rings is 3. The molecular weight excluding hydrogens is 570 g/mol. The maximum absolute atomic E-state index is 13.9. The summed E-state index contributed by atoms with van der Waals surface area (Å²) in [6.45, 7) is 1.79. The highest BCUT2D eigenvalue weighted by molar-refractivity contribution is 7.91. The number of carbonyl (C=O) groups excluding carboxylic acids is 1. The number of pyridine rings is 1. The van der Waals surface area contributed by atoms with Gasteiger partial charge in [-0.2, -0.15) is 0 Å². The van der Waals surface area contributed by atoms with E-state index >= 15 is 0 Å². The second-order valence-corrected chi connectivity index (χ2v) is 12.0. The summed E-state index contributed by atoms with van der Waals surface area (Å²) in [5, 5.41) is 12.4. The normalized spacial score (nSPS) is 11.9. The quantitative estimate of drug-likeness (QED) is 0.140. The number of thiophene rings is 1. The van der Waals surface area contributed by atoms with Gasteiger partial charge in [-0.3, -0.25) is 15.0 Å². The fraction of sp³-hybridized carbons (Fsp3) is 0.103. The number of halogens is 1. The van der Waals surface area contributed by atoms with Crippen LogP contribution in [-0.4, -0.2) is 31.6 Å². The maximum Gasteiger partial charge on any atom is 0.276 e. The largest absolute Gasteiger partial charge is 0.497 e. The van der Waals surface area contributed by atoms with Gasteiger partial charge in [0.1, 0.15) is 5.75 Å². The van der Waals surface area contributed by atoms with Crippen LogP contribution in [0.4, 0.5) is 5.69 Å². The second-order valence-electron chi connectivity index (χ2n) is 8.84. The number of aromatic nitrogens is 1. The lowest BCUT2D eigenvalue weighted by Gasteiger charge is -2.24. The molecule has 3 N–H and O–H groups in total. The molecular formula is C29H26ClN3O5S2. The molecule has 2 heterocycles. The van der Waals surface area contributed by atoms with Gasteiger partial charge in [0.15, 0.2) is 5.37 Å². The average molecular weight is 596 g/mol. The fourth-order valence-electron chi connectivity index (χ4n) is 4.39. The number of sulfone groups is 1. The van der Waals surface area contributed by atoms with Crippen molar-refractivity contribution >= 4 is 55.3 Å². The molecule has 40 heavy (non-hydrogen) atoms. The summed E-state index contributed by atoms with van der Waals surface area (Å²) < 4.78 is 34.1. The van der Waals surface area contributed by atoms with Crippen LogP contribution in [0.1, 0.15) is 26.9 Å². The van der Waals surface area contributed by atoms with E-state index in [1.807, 2.05) is 36.4 Å². The van der Waals surface area contributed by atoms with Crippen molar-refractivity contribution in [3.63, 3.8) is 0 Å². The van der Waals surface area contributed by atoms with Crippen molar-refractivity contribution in [1.82, 2.24) is 10.5 Å². The number of ether oxygens (including phenoxy) is 1. The summed E-state index contributed by atoms with van der Waals surface area (Å²) in [6, 6.07) is 22.9. The minimum atomic E-state index is -4.02. The van der Waals surface area contributed by atoms with Gasteiger partial charge in [-0.1, -0.05) is 24.3 Å². The molecule has 0 spiro atoms. The van der Waals surface area contributed by atoms with Crippen molar-refractivity contribution < 1.29 is 23.2 Å². The highest BCUT2D eigenvalue weighted by Gasteiger charge is 2.31. The molecule has 0 saturated heterocycles. The molecule has 206 valence electrons. The summed E-state index contributed by atoms with van der Waals surface area (Å²) in [5.74, 6) is -0.246. The molecule has 0 radical (unpaired) electrons. The number of rotatable bonds is 8. The Balaban J connectivity index is 0.00000370. The Hall–Kier alpha value is -3.96. The van der Waals surface area contributed by atoms with Gasteiger partial charge in [-0.25, -0.2) is 13.9 Å². The average Bonchev–Trinajstić information content (AvgIpc) is 3.40. The lowest BCUT2D eigenvalue weighted by Crippen LogP contribution is -2.26. The first-order valence-corrected chi connectivity index (χ1v) is 14.3. The van der Waals surface area contributed by atoms with Crippen LogP contribution in [0.2, 0.25) is 0 Å². The predicted octanol–water partition coefficient (Wildman–Crippen LogP) is 6.41. The Labute approximate surface area is 242 Å². The topological polar surface area (TPSA) is 118 Å². The zero-order valence-corrected chi connectivity index (χ0v) is 23.9. The molecule has 5 rings (SSSR count). The fourth-order valence-corrected chi connectivity index (χ4v) is 7.00.